The monoisotopic (exact) mass is 501 g/mol. The molecule has 0 saturated heterocycles. The molecule has 0 aliphatic carbocycles. The minimum absolute atomic E-state index is 0.127. The molecule has 5 unspecified atom stereocenters. The summed E-state index contributed by atoms with van der Waals surface area (Å²) < 4.78 is 0. The lowest BCUT2D eigenvalue weighted by Crippen LogP contribution is -2.57. The number of aromatic nitrogens is 1. The summed E-state index contributed by atoms with van der Waals surface area (Å²) in [6.07, 6.45) is 2.91. The molecular formula is C26H39N5O5. The van der Waals surface area contributed by atoms with E-state index in [0.29, 0.717) is 12.8 Å². The third-order valence-electron chi connectivity index (χ3n) is 6.32. The second-order valence-electron chi connectivity index (χ2n) is 9.80. The standard InChI is InChI=1S/C26H39N5O5/c1-6-15(4)22(26(35)36)31-25(34)21(12-17-13-28-20-10-8-7-9-18(17)20)30-23(32)16(5)29-24(33)19(27)11-14(2)3/h7-10,13-16,19,21-22,28H,6,11-12,27H2,1-5H3,(H,29,33)(H,30,32)(H,31,34)(H,35,36). The maximum absolute atomic E-state index is 13.2. The number of carboxylic acids is 1. The van der Waals surface area contributed by atoms with Crippen LogP contribution in [-0.4, -0.2) is 57.9 Å². The summed E-state index contributed by atoms with van der Waals surface area (Å²) in [7, 11) is 0. The van der Waals surface area contributed by atoms with Crippen molar-refractivity contribution in [1.82, 2.24) is 20.9 Å². The van der Waals surface area contributed by atoms with Crippen molar-refractivity contribution in [3.63, 3.8) is 0 Å². The van der Waals surface area contributed by atoms with Crippen LogP contribution in [0.4, 0.5) is 0 Å². The predicted molar refractivity (Wildman–Crippen MR) is 138 cm³/mol. The number of H-pyrrole nitrogens is 1. The maximum Gasteiger partial charge on any atom is 0.326 e. The van der Waals surface area contributed by atoms with E-state index in [9.17, 15) is 24.3 Å². The second kappa shape index (κ2) is 13.1. The molecule has 0 fully saturated rings. The van der Waals surface area contributed by atoms with Gasteiger partial charge in [-0.05, 0) is 36.8 Å². The van der Waals surface area contributed by atoms with E-state index in [2.05, 4.69) is 20.9 Å². The van der Waals surface area contributed by atoms with Gasteiger partial charge in [-0.15, -0.1) is 0 Å². The number of carbonyl (C=O) groups is 4. The average molecular weight is 502 g/mol. The number of hydrogen-bond acceptors (Lipinski definition) is 5. The maximum atomic E-state index is 13.2. The third kappa shape index (κ3) is 7.81. The van der Waals surface area contributed by atoms with Crippen molar-refractivity contribution in [2.45, 2.75) is 78.0 Å². The van der Waals surface area contributed by atoms with Gasteiger partial charge in [-0.25, -0.2) is 4.79 Å². The molecule has 1 heterocycles. The molecule has 0 radical (unpaired) electrons. The lowest BCUT2D eigenvalue weighted by atomic mass is 9.98. The van der Waals surface area contributed by atoms with Crippen molar-refractivity contribution in [1.29, 1.82) is 0 Å². The fourth-order valence-corrected chi connectivity index (χ4v) is 3.96. The number of nitrogens with two attached hydrogens (primary N) is 1. The first-order chi connectivity index (χ1) is 16.9. The van der Waals surface area contributed by atoms with Crippen LogP contribution in [0.1, 0.15) is 53.0 Å². The summed E-state index contributed by atoms with van der Waals surface area (Å²) in [5.74, 6) is -2.88. The first-order valence-corrected chi connectivity index (χ1v) is 12.4. The Morgan fingerprint density at radius 1 is 0.972 bits per heavy atom. The van der Waals surface area contributed by atoms with Crippen molar-refractivity contribution in [3.05, 3.63) is 36.0 Å². The zero-order chi connectivity index (χ0) is 27.0. The molecular weight excluding hydrogens is 462 g/mol. The molecule has 0 saturated carbocycles. The van der Waals surface area contributed by atoms with E-state index >= 15 is 0 Å². The fraction of sp³-hybridized carbons (Fsp3) is 0.538. The summed E-state index contributed by atoms with van der Waals surface area (Å²) in [6, 6.07) is 3.68. The van der Waals surface area contributed by atoms with Crippen molar-refractivity contribution < 1.29 is 24.3 Å². The van der Waals surface area contributed by atoms with Crippen LogP contribution in [0.25, 0.3) is 10.9 Å². The van der Waals surface area contributed by atoms with Crippen molar-refractivity contribution in [2.24, 2.45) is 17.6 Å². The van der Waals surface area contributed by atoms with Crippen LogP contribution >= 0.6 is 0 Å². The molecule has 3 amide bonds. The Balaban J connectivity index is 2.22. The number of amides is 3. The van der Waals surface area contributed by atoms with Gasteiger partial charge in [0.15, 0.2) is 0 Å². The van der Waals surface area contributed by atoms with E-state index in [1.807, 2.05) is 45.0 Å². The van der Waals surface area contributed by atoms with Gasteiger partial charge in [0.25, 0.3) is 0 Å². The van der Waals surface area contributed by atoms with Crippen LogP contribution in [0, 0.1) is 11.8 Å². The van der Waals surface area contributed by atoms with Gasteiger partial charge >= 0.3 is 5.97 Å². The highest BCUT2D eigenvalue weighted by Crippen LogP contribution is 2.19. The van der Waals surface area contributed by atoms with Crippen molar-refractivity contribution in [3.8, 4) is 0 Å². The van der Waals surface area contributed by atoms with E-state index in [-0.39, 0.29) is 18.3 Å². The van der Waals surface area contributed by atoms with Gasteiger partial charge in [0.1, 0.15) is 18.1 Å². The molecule has 36 heavy (non-hydrogen) atoms. The largest absolute Gasteiger partial charge is 0.480 e. The summed E-state index contributed by atoms with van der Waals surface area (Å²) in [4.78, 5) is 53.5. The van der Waals surface area contributed by atoms with E-state index in [1.165, 1.54) is 6.92 Å². The second-order valence-corrected chi connectivity index (χ2v) is 9.80. The number of para-hydroxylation sites is 1. The van der Waals surface area contributed by atoms with Gasteiger partial charge in [-0.2, -0.15) is 0 Å². The Labute approximate surface area is 211 Å². The molecule has 2 aromatic rings. The van der Waals surface area contributed by atoms with E-state index in [4.69, 9.17) is 5.73 Å². The first kappa shape index (κ1) is 28.8. The predicted octanol–water partition coefficient (Wildman–Crippen LogP) is 1.69. The van der Waals surface area contributed by atoms with Crippen molar-refractivity contribution in [2.75, 3.05) is 0 Å². The van der Waals surface area contributed by atoms with Gasteiger partial charge < -0.3 is 31.8 Å². The Morgan fingerprint density at radius 2 is 1.64 bits per heavy atom. The lowest BCUT2D eigenvalue weighted by Gasteiger charge is -2.25. The zero-order valence-corrected chi connectivity index (χ0v) is 21.6. The lowest BCUT2D eigenvalue weighted by molar-refractivity contribution is -0.143. The van der Waals surface area contributed by atoms with Crippen LogP contribution in [0.5, 0.6) is 0 Å². The summed E-state index contributed by atoms with van der Waals surface area (Å²) in [5.41, 5.74) is 7.58. The van der Waals surface area contributed by atoms with Gasteiger partial charge in [-0.3, -0.25) is 14.4 Å². The van der Waals surface area contributed by atoms with Gasteiger partial charge in [0, 0.05) is 23.5 Å². The average Bonchev–Trinajstić information content (AvgIpc) is 3.23. The van der Waals surface area contributed by atoms with Crippen molar-refractivity contribution >= 4 is 34.6 Å². The van der Waals surface area contributed by atoms with Gasteiger partial charge in [0.2, 0.25) is 17.7 Å². The quantitative estimate of drug-likeness (QED) is 0.244. The van der Waals surface area contributed by atoms with Crippen LogP contribution < -0.4 is 21.7 Å². The first-order valence-electron chi connectivity index (χ1n) is 12.4. The fourth-order valence-electron chi connectivity index (χ4n) is 3.96. The molecule has 10 nitrogen and oxygen atoms in total. The van der Waals surface area contributed by atoms with E-state index in [0.717, 1.165) is 16.5 Å². The van der Waals surface area contributed by atoms with Crippen LogP contribution in [-0.2, 0) is 25.6 Å². The Bertz CT molecular complexity index is 1070. The van der Waals surface area contributed by atoms with Gasteiger partial charge in [-0.1, -0.05) is 52.3 Å². The number of rotatable bonds is 13. The van der Waals surface area contributed by atoms with Gasteiger partial charge in [0.05, 0.1) is 6.04 Å². The normalized spacial score (nSPS) is 15.5. The molecule has 0 aliphatic rings. The molecule has 10 heteroatoms. The number of benzene rings is 1. The molecule has 0 aliphatic heterocycles. The highest BCUT2D eigenvalue weighted by Gasteiger charge is 2.31. The molecule has 5 atom stereocenters. The van der Waals surface area contributed by atoms with E-state index in [1.54, 1.807) is 13.1 Å². The minimum Gasteiger partial charge on any atom is -0.480 e. The number of carboxylic acid groups (broad SMARTS) is 1. The number of aromatic amines is 1. The van der Waals surface area contributed by atoms with Crippen LogP contribution in [0.2, 0.25) is 0 Å². The summed E-state index contributed by atoms with van der Waals surface area (Å²) >= 11 is 0. The molecule has 0 bridgehead atoms. The number of carbonyl (C=O) groups excluding carboxylic acids is 3. The summed E-state index contributed by atoms with van der Waals surface area (Å²) in [5, 5.41) is 18.4. The Hall–Kier alpha value is -3.40. The third-order valence-corrected chi connectivity index (χ3v) is 6.32. The molecule has 198 valence electrons. The Kier molecular flexibility index (Phi) is 10.5. The number of fused-ring (bicyclic) bond motifs is 1. The molecule has 0 spiro atoms. The summed E-state index contributed by atoms with van der Waals surface area (Å²) in [6.45, 7) is 8.98. The zero-order valence-electron chi connectivity index (χ0n) is 21.6. The smallest absolute Gasteiger partial charge is 0.326 e. The molecule has 2 rings (SSSR count). The number of aliphatic carboxylic acids is 1. The number of nitrogens with one attached hydrogen (secondary N) is 4. The topological polar surface area (TPSA) is 166 Å². The molecule has 1 aromatic heterocycles. The highest BCUT2D eigenvalue weighted by molar-refractivity contribution is 5.94. The molecule has 1 aromatic carbocycles. The SMILES string of the molecule is CCC(C)C(NC(=O)C(Cc1c[nH]c2ccccc12)NC(=O)C(C)NC(=O)C(N)CC(C)C)C(=O)O. The van der Waals surface area contributed by atoms with Crippen LogP contribution in [0.15, 0.2) is 30.5 Å². The minimum atomic E-state index is -1.14. The van der Waals surface area contributed by atoms with E-state index < -0.39 is 47.9 Å². The Morgan fingerprint density at radius 3 is 2.25 bits per heavy atom. The molecule has 7 N–H and O–H groups in total. The van der Waals surface area contributed by atoms with Crippen LogP contribution in [0.3, 0.4) is 0 Å². The number of hydrogen-bond donors (Lipinski definition) is 6. The highest BCUT2D eigenvalue weighted by atomic mass is 16.4.